The van der Waals surface area contributed by atoms with Crippen molar-refractivity contribution in [2.75, 3.05) is 26.4 Å². The molecule has 0 unspecified atom stereocenters. The van der Waals surface area contributed by atoms with Crippen LogP contribution < -0.4 is 4.74 Å². The molecular formula is C15H20N4O3. The third kappa shape index (κ3) is 1.99. The standard InChI is InChI=1S/C15H20N4O3/c1-2-22-15-13-14(16-7-17-15)19(8-18-13)12-3-9-5-21-6-11(9)10(12)4-20/h7-12,20H,2-6H2,1H3/t9-,10-,11+,12-/m1/s1. The van der Waals surface area contributed by atoms with Crippen LogP contribution in [0.3, 0.4) is 0 Å². The van der Waals surface area contributed by atoms with E-state index in [0.717, 1.165) is 25.3 Å². The van der Waals surface area contributed by atoms with Crippen molar-refractivity contribution in [1.82, 2.24) is 19.5 Å². The number of ether oxygens (including phenoxy) is 2. The second kappa shape index (κ2) is 5.48. The molecule has 7 heteroatoms. The second-order valence-electron chi connectivity index (χ2n) is 6.05. The predicted octanol–water partition coefficient (Wildman–Crippen LogP) is 1.04. The summed E-state index contributed by atoms with van der Waals surface area (Å²) in [5, 5.41) is 9.85. The van der Waals surface area contributed by atoms with Crippen LogP contribution in [-0.2, 0) is 4.74 Å². The molecule has 1 saturated heterocycles. The van der Waals surface area contributed by atoms with Crippen molar-refractivity contribution in [1.29, 1.82) is 0 Å². The zero-order chi connectivity index (χ0) is 15.1. The smallest absolute Gasteiger partial charge is 0.245 e. The van der Waals surface area contributed by atoms with Crippen molar-refractivity contribution in [2.45, 2.75) is 19.4 Å². The Bertz CT molecular complexity index is 674. The van der Waals surface area contributed by atoms with E-state index in [1.165, 1.54) is 6.33 Å². The van der Waals surface area contributed by atoms with Gasteiger partial charge in [0, 0.05) is 25.2 Å². The van der Waals surface area contributed by atoms with Gasteiger partial charge in [-0.2, -0.15) is 4.98 Å². The molecule has 4 atom stereocenters. The van der Waals surface area contributed by atoms with Crippen LogP contribution in [-0.4, -0.2) is 51.1 Å². The van der Waals surface area contributed by atoms with E-state index in [0.29, 0.717) is 29.8 Å². The lowest BCUT2D eigenvalue weighted by Gasteiger charge is -2.22. The maximum absolute atomic E-state index is 9.85. The molecule has 118 valence electrons. The van der Waals surface area contributed by atoms with Crippen LogP contribution in [0.1, 0.15) is 19.4 Å². The Labute approximate surface area is 128 Å². The van der Waals surface area contributed by atoms with Gasteiger partial charge in [0.2, 0.25) is 5.88 Å². The summed E-state index contributed by atoms with van der Waals surface area (Å²) in [7, 11) is 0. The lowest BCUT2D eigenvalue weighted by atomic mass is 9.92. The average Bonchev–Trinajstić information content (AvgIpc) is 3.20. The fourth-order valence-electron chi connectivity index (χ4n) is 3.99. The number of aliphatic hydroxyl groups excluding tert-OH is 1. The summed E-state index contributed by atoms with van der Waals surface area (Å²) in [6, 6.07) is 0.207. The highest BCUT2D eigenvalue weighted by atomic mass is 16.5. The first kappa shape index (κ1) is 13.9. The van der Waals surface area contributed by atoms with E-state index in [1.807, 2.05) is 6.92 Å². The van der Waals surface area contributed by atoms with E-state index >= 15 is 0 Å². The minimum absolute atomic E-state index is 0.165. The summed E-state index contributed by atoms with van der Waals surface area (Å²) < 4.78 is 13.2. The lowest BCUT2D eigenvalue weighted by molar-refractivity contribution is 0.118. The number of rotatable bonds is 4. The molecule has 22 heavy (non-hydrogen) atoms. The molecule has 2 aromatic rings. The lowest BCUT2D eigenvalue weighted by Crippen LogP contribution is -2.23. The molecule has 4 rings (SSSR count). The summed E-state index contributed by atoms with van der Waals surface area (Å²) in [5.74, 6) is 1.66. The number of nitrogens with zero attached hydrogens (tertiary/aromatic N) is 4. The number of fused-ring (bicyclic) bond motifs is 2. The molecule has 0 spiro atoms. The van der Waals surface area contributed by atoms with Crippen molar-refractivity contribution in [3.63, 3.8) is 0 Å². The average molecular weight is 304 g/mol. The summed E-state index contributed by atoms with van der Waals surface area (Å²) in [6.45, 7) is 4.17. The Hall–Kier alpha value is -1.73. The van der Waals surface area contributed by atoms with Crippen LogP contribution in [0, 0.1) is 17.8 Å². The number of aromatic nitrogens is 4. The monoisotopic (exact) mass is 304 g/mol. The van der Waals surface area contributed by atoms with Crippen LogP contribution >= 0.6 is 0 Å². The van der Waals surface area contributed by atoms with Crippen LogP contribution in [0.2, 0.25) is 0 Å². The van der Waals surface area contributed by atoms with Gasteiger partial charge in [-0.3, -0.25) is 0 Å². The topological polar surface area (TPSA) is 82.3 Å². The third-order valence-electron chi connectivity index (χ3n) is 5.01. The fraction of sp³-hybridized carbons (Fsp3) is 0.667. The Morgan fingerprint density at radius 3 is 3.09 bits per heavy atom. The van der Waals surface area contributed by atoms with Gasteiger partial charge in [0.15, 0.2) is 11.2 Å². The molecule has 1 aliphatic carbocycles. The molecule has 0 bridgehead atoms. The second-order valence-corrected chi connectivity index (χ2v) is 6.05. The maximum atomic E-state index is 9.85. The molecule has 1 aliphatic heterocycles. The molecule has 2 aromatic heterocycles. The van der Waals surface area contributed by atoms with Crippen molar-refractivity contribution in [3.8, 4) is 5.88 Å². The molecule has 3 heterocycles. The van der Waals surface area contributed by atoms with E-state index in [-0.39, 0.29) is 18.6 Å². The van der Waals surface area contributed by atoms with E-state index < -0.39 is 0 Å². The van der Waals surface area contributed by atoms with Gasteiger partial charge in [-0.1, -0.05) is 0 Å². The first-order valence-electron chi connectivity index (χ1n) is 7.82. The summed E-state index contributed by atoms with van der Waals surface area (Å²) >= 11 is 0. The largest absolute Gasteiger partial charge is 0.476 e. The van der Waals surface area contributed by atoms with Crippen molar-refractivity contribution < 1.29 is 14.6 Å². The molecular weight excluding hydrogens is 284 g/mol. The highest BCUT2D eigenvalue weighted by Gasteiger charge is 2.47. The number of imidazole rings is 1. The first-order chi connectivity index (χ1) is 10.8. The van der Waals surface area contributed by atoms with Gasteiger partial charge in [-0.05, 0) is 25.2 Å². The Morgan fingerprint density at radius 1 is 1.36 bits per heavy atom. The van der Waals surface area contributed by atoms with Crippen LogP contribution in [0.5, 0.6) is 5.88 Å². The molecule has 7 nitrogen and oxygen atoms in total. The molecule has 0 aromatic carbocycles. The van der Waals surface area contributed by atoms with Gasteiger partial charge in [0.25, 0.3) is 0 Å². The van der Waals surface area contributed by atoms with Gasteiger partial charge >= 0.3 is 0 Å². The fourth-order valence-corrected chi connectivity index (χ4v) is 3.99. The van der Waals surface area contributed by atoms with Gasteiger partial charge < -0.3 is 19.1 Å². The Morgan fingerprint density at radius 2 is 2.27 bits per heavy atom. The van der Waals surface area contributed by atoms with E-state index in [9.17, 15) is 5.11 Å². The van der Waals surface area contributed by atoms with Gasteiger partial charge in [0.05, 0.1) is 19.5 Å². The van der Waals surface area contributed by atoms with Crippen LogP contribution in [0.15, 0.2) is 12.7 Å². The van der Waals surface area contributed by atoms with E-state index in [4.69, 9.17) is 9.47 Å². The molecule has 0 radical (unpaired) electrons. The molecule has 2 aliphatic rings. The van der Waals surface area contributed by atoms with Gasteiger partial charge in [-0.25, -0.2) is 9.97 Å². The molecule has 2 fully saturated rings. The zero-order valence-electron chi connectivity index (χ0n) is 12.6. The highest BCUT2D eigenvalue weighted by molar-refractivity contribution is 5.76. The van der Waals surface area contributed by atoms with Gasteiger partial charge in [0.1, 0.15) is 6.33 Å². The Balaban J connectivity index is 1.73. The predicted molar refractivity (Wildman–Crippen MR) is 78.5 cm³/mol. The molecule has 0 amide bonds. The maximum Gasteiger partial charge on any atom is 0.245 e. The van der Waals surface area contributed by atoms with E-state index in [1.54, 1.807) is 6.33 Å². The number of aliphatic hydroxyl groups is 1. The summed E-state index contributed by atoms with van der Waals surface area (Å²) in [4.78, 5) is 13.0. The minimum Gasteiger partial charge on any atom is -0.476 e. The summed E-state index contributed by atoms with van der Waals surface area (Å²) in [5.41, 5.74) is 1.47. The number of hydrogen-bond acceptors (Lipinski definition) is 6. The zero-order valence-corrected chi connectivity index (χ0v) is 12.6. The van der Waals surface area contributed by atoms with Gasteiger partial charge in [-0.15, -0.1) is 0 Å². The van der Waals surface area contributed by atoms with Crippen LogP contribution in [0.25, 0.3) is 11.2 Å². The quantitative estimate of drug-likeness (QED) is 0.909. The van der Waals surface area contributed by atoms with Crippen LogP contribution in [0.4, 0.5) is 0 Å². The normalized spacial score (nSPS) is 30.8. The number of hydrogen-bond donors (Lipinski definition) is 1. The van der Waals surface area contributed by atoms with Crippen molar-refractivity contribution in [2.24, 2.45) is 17.8 Å². The minimum atomic E-state index is 0.165. The molecule has 1 N–H and O–H groups in total. The van der Waals surface area contributed by atoms with Crippen molar-refractivity contribution >= 4 is 11.2 Å². The highest BCUT2D eigenvalue weighted by Crippen LogP contribution is 2.48. The first-order valence-corrected chi connectivity index (χ1v) is 7.82. The molecule has 1 saturated carbocycles. The van der Waals surface area contributed by atoms with E-state index in [2.05, 4.69) is 19.5 Å². The van der Waals surface area contributed by atoms with Crippen molar-refractivity contribution in [3.05, 3.63) is 12.7 Å². The Kier molecular flexibility index (Phi) is 3.46. The SMILES string of the molecule is CCOc1ncnc2c1ncn2[C@@H]1C[C@@H]2COC[C@@H]2[C@H]1CO. The third-order valence-corrected chi connectivity index (χ3v) is 5.01. The summed E-state index contributed by atoms with van der Waals surface area (Å²) in [6.07, 6.45) is 4.31.